The van der Waals surface area contributed by atoms with E-state index < -0.39 is 17.9 Å². The van der Waals surface area contributed by atoms with E-state index in [1.807, 2.05) is 0 Å². The summed E-state index contributed by atoms with van der Waals surface area (Å²) in [6.45, 7) is 0. The molecule has 4 nitrogen and oxygen atoms in total. The van der Waals surface area contributed by atoms with Gasteiger partial charge in [-0.3, -0.25) is 9.59 Å². The van der Waals surface area contributed by atoms with Crippen LogP contribution in [0.3, 0.4) is 0 Å². The van der Waals surface area contributed by atoms with Gasteiger partial charge >= 0.3 is 5.97 Å². The van der Waals surface area contributed by atoms with E-state index in [0.717, 1.165) is 5.56 Å². The fourth-order valence-corrected chi connectivity index (χ4v) is 2.73. The Balaban J connectivity index is 2.41. The molecule has 1 aliphatic heterocycles. The molecule has 0 saturated carbocycles. The van der Waals surface area contributed by atoms with E-state index in [2.05, 4.69) is 0 Å². The average Bonchev–Trinajstić information content (AvgIpc) is 2.51. The van der Waals surface area contributed by atoms with Gasteiger partial charge in [0.05, 0.1) is 12.0 Å². The quantitative estimate of drug-likeness (QED) is 0.907. The molecule has 102 valence electrons. The third-order valence-corrected chi connectivity index (χ3v) is 3.88. The summed E-state index contributed by atoms with van der Waals surface area (Å²) >= 11 is 5.85. The normalized spacial score (nSPS) is 24.1. The molecule has 1 aromatic rings. The lowest BCUT2D eigenvalue weighted by Crippen LogP contribution is -2.36. The van der Waals surface area contributed by atoms with Gasteiger partial charge in [0, 0.05) is 18.5 Å². The van der Waals surface area contributed by atoms with Crippen molar-refractivity contribution in [3.05, 3.63) is 34.9 Å². The van der Waals surface area contributed by atoms with Crippen LogP contribution in [0.4, 0.5) is 0 Å². The molecule has 1 aliphatic rings. The summed E-state index contributed by atoms with van der Waals surface area (Å²) < 4.78 is 0. The Labute approximate surface area is 117 Å². The van der Waals surface area contributed by atoms with Crippen molar-refractivity contribution >= 4 is 23.5 Å². The third-order valence-electron chi connectivity index (χ3n) is 3.63. The van der Waals surface area contributed by atoms with E-state index in [-0.39, 0.29) is 5.91 Å². The van der Waals surface area contributed by atoms with Gasteiger partial charge in [-0.05, 0) is 30.5 Å². The average molecular weight is 282 g/mol. The fraction of sp³-hybridized carbons (Fsp3) is 0.429. The number of hydrogen-bond acceptors (Lipinski definition) is 2. The van der Waals surface area contributed by atoms with Gasteiger partial charge in [-0.1, -0.05) is 23.7 Å². The van der Waals surface area contributed by atoms with Crippen LogP contribution < -0.4 is 0 Å². The van der Waals surface area contributed by atoms with Crippen LogP contribution in [0.25, 0.3) is 0 Å². The van der Waals surface area contributed by atoms with Gasteiger partial charge in [-0.2, -0.15) is 0 Å². The van der Waals surface area contributed by atoms with Gasteiger partial charge < -0.3 is 10.0 Å². The SMILES string of the molecule is CN1C(=O)CCCC(C(=O)O)C1c1ccc(Cl)cc1. The summed E-state index contributed by atoms with van der Waals surface area (Å²) in [6, 6.07) is 6.60. The molecule has 2 atom stereocenters. The zero-order valence-corrected chi connectivity index (χ0v) is 11.4. The second-order valence-corrected chi connectivity index (χ2v) is 5.27. The molecule has 0 radical (unpaired) electrons. The maximum Gasteiger partial charge on any atom is 0.308 e. The largest absolute Gasteiger partial charge is 0.481 e. The van der Waals surface area contributed by atoms with Crippen molar-refractivity contribution in [1.29, 1.82) is 0 Å². The molecule has 1 heterocycles. The van der Waals surface area contributed by atoms with E-state index in [1.54, 1.807) is 36.2 Å². The Hall–Kier alpha value is -1.55. The summed E-state index contributed by atoms with van der Waals surface area (Å²) in [5.41, 5.74) is 0.814. The molecule has 19 heavy (non-hydrogen) atoms. The topological polar surface area (TPSA) is 57.6 Å². The van der Waals surface area contributed by atoms with Crippen LogP contribution in [0.2, 0.25) is 5.02 Å². The Bertz CT molecular complexity index is 486. The molecule has 1 saturated heterocycles. The van der Waals surface area contributed by atoms with Crippen LogP contribution in [-0.2, 0) is 9.59 Å². The van der Waals surface area contributed by atoms with Crippen molar-refractivity contribution in [2.75, 3.05) is 7.05 Å². The van der Waals surface area contributed by atoms with Crippen molar-refractivity contribution in [2.24, 2.45) is 5.92 Å². The number of carbonyl (C=O) groups excluding carboxylic acids is 1. The first-order valence-corrected chi connectivity index (χ1v) is 6.62. The van der Waals surface area contributed by atoms with Crippen LogP contribution in [0, 0.1) is 5.92 Å². The highest BCUT2D eigenvalue weighted by Gasteiger charge is 2.36. The fourth-order valence-electron chi connectivity index (χ4n) is 2.61. The maximum absolute atomic E-state index is 11.9. The first-order chi connectivity index (χ1) is 9.00. The highest BCUT2D eigenvalue weighted by molar-refractivity contribution is 6.30. The van der Waals surface area contributed by atoms with Crippen LogP contribution in [0.5, 0.6) is 0 Å². The number of halogens is 1. The zero-order valence-electron chi connectivity index (χ0n) is 10.7. The first-order valence-electron chi connectivity index (χ1n) is 6.24. The molecule has 1 aromatic carbocycles. The Morgan fingerprint density at radius 1 is 1.37 bits per heavy atom. The molecule has 0 aromatic heterocycles. The molecule has 2 unspecified atom stereocenters. The highest BCUT2D eigenvalue weighted by Crippen LogP contribution is 2.35. The molecular formula is C14H16ClNO3. The van der Waals surface area contributed by atoms with E-state index >= 15 is 0 Å². The monoisotopic (exact) mass is 281 g/mol. The van der Waals surface area contributed by atoms with Crippen LogP contribution in [-0.4, -0.2) is 28.9 Å². The minimum atomic E-state index is -0.860. The second-order valence-electron chi connectivity index (χ2n) is 4.84. The van der Waals surface area contributed by atoms with Gasteiger partial charge in [-0.25, -0.2) is 0 Å². The summed E-state index contributed by atoms with van der Waals surface area (Å²) in [7, 11) is 1.67. The highest BCUT2D eigenvalue weighted by atomic mass is 35.5. The standard InChI is InChI=1S/C14H16ClNO3/c1-16-12(17)4-2-3-11(14(18)19)13(16)9-5-7-10(15)8-6-9/h5-8,11,13H,2-4H2,1H3,(H,18,19). The Kier molecular flexibility index (Phi) is 4.10. The molecule has 2 rings (SSSR count). The minimum Gasteiger partial charge on any atom is -0.481 e. The van der Waals surface area contributed by atoms with Crippen molar-refractivity contribution < 1.29 is 14.7 Å². The van der Waals surface area contributed by atoms with Crippen molar-refractivity contribution in [2.45, 2.75) is 25.3 Å². The lowest BCUT2D eigenvalue weighted by atomic mass is 9.89. The minimum absolute atomic E-state index is 0.0105. The smallest absolute Gasteiger partial charge is 0.308 e. The lowest BCUT2D eigenvalue weighted by Gasteiger charge is -2.30. The summed E-state index contributed by atoms with van der Waals surface area (Å²) in [4.78, 5) is 24.9. The molecule has 0 bridgehead atoms. The predicted octanol–water partition coefficient (Wildman–Crippen LogP) is 2.72. The number of hydrogen-bond donors (Lipinski definition) is 1. The molecule has 1 fully saturated rings. The molecule has 0 spiro atoms. The Morgan fingerprint density at radius 2 is 2.00 bits per heavy atom. The van der Waals surface area contributed by atoms with Gasteiger partial charge in [0.2, 0.25) is 5.91 Å². The van der Waals surface area contributed by atoms with Gasteiger partial charge in [-0.15, -0.1) is 0 Å². The summed E-state index contributed by atoms with van der Waals surface area (Å²) in [6.07, 6.45) is 1.54. The molecular weight excluding hydrogens is 266 g/mol. The number of carboxylic acids is 1. The number of benzene rings is 1. The second kappa shape index (κ2) is 5.61. The predicted molar refractivity (Wildman–Crippen MR) is 71.9 cm³/mol. The van der Waals surface area contributed by atoms with Crippen molar-refractivity contribution in [1.82, 2.24) is 4.90 Å². The van der Waals surface area contributed by atoms with Gasteiger partial charge in [0.1, 0.15) is 0 Å². The number of carbonyl (C=O) groups is 2. The number of amides is 1. The third kappa shape index (κ3) is 2.89. The van der Waals surface area contributed by atoms with E-state index in [1.165, 1.54) is 0 Å². The summed E-state index contributed by atoms with van der Waals surface area (Å²) in [5.74, 6) is -1.44. The van der Waals surface area contributed by atoms with Crippen LogP contribution in [0.1, 0.15) is 30.9 Å². The summed E-state index contributed by atoms with van der Waals surface area (Å²) in [5, 5.41) is 9.99. The molecule has 1 amide bonds. The van der Waals surface area contributed by atoms with E-state index in [0.29, 0.717) is 24.3 Å². The maximum atomic E-state index is 11.9. The van der Waals surface area contributed by atoms with Crippen LogP contribution in [0.15, 0.2) is 24.3 Å². The zero-order chi connectivity index (χ0) is 14.0. The molecule has 0 aliphatic carbocycles. The number of likely N-dealkylation sites (tertiary alicyclic amines) is 1. The number of rotatable bonds is 2. The number of carboxylic acid groups (broad SMARTS) is 1. The molecule has 1 N–H and O–H groups in total. The Morgan fingerprint density at radius 3 is 2.58 bits per heavy atom. The van der Waals surface area contributed by atoms with Gasteiger partial charge in [0.25, 0.3) is 0 Å². The van der Waals surface area contributed by atoms with Gasteiger partial charge in [0.15, 0.2) is 0 Å². The lowest BCUT2D eigenvalue weighted by molar-refractivity contribution is -0.145. The van der Waals surface area contributed by atoms with Crippen LogP contribution >= 0.6 is 11.6 Å². The number of aliphatic carboxylic acids is 1. The van der Waals surface area contributed by atoms with E-state index in [9.17, 15) is 14.7 Å². The first kappa shape index (κ1) is 13.9. The van der Waals surface area contributed by atoms with E-state index in [4.69, 9.17) is 11.6 Å². The van der Waals surface area contributed by atoms with Crippen molar-refractivity contribution in [3.8, 4) is 0 Å². The van der Waals surface area contributed by atoms with Crippen molar-refractivity contribution in [3.63, 3.8) is 0 Å². The number of nitrogens with zero attached hydrogens (tertiary/aromatic N) is 1. The molecule has 5 heteroatoms.